The molecule has 3 N–H and O–H groups in total. The van der Waals surface area contributed by atoms with E-state index >= 15 is 0 Å². The minimum absolute atomic E-state index is 0.0575. The highest BCUT2D eigenvalue weighted by Crippen LogP contribution is 2.44. The molecule has 0 amide bonds. The smallest absolute Gasteiger partial charge is 0.208 e. The van der Waals surface area contributed by atoms with E-state index in [0.29, 0.717) is 11.1 Å². The molecule has 2 heterocycles. The Kier molecular flexibility index (Phi) is 3.75. The number of hydrogen-bond acceptors (Lipinski definition) is 3. The van der Waals surface area contributed by atoms with Gasteiger partial charge in [0.1, 0.15) is 5.76 Å². The molecule has 1 aliphatic carbocycles. The lowest BCUT2D eigenvalue weighted by atomic mass is 9.77. The van der Waals surface area contributed by atoms with E-state index in [1.165, 1.54) is 11.1 Å². The number of fused-ring (bicyclic) bond motifs is 2. The molecule has 0 unspecified atom stereocenters. The maximum atomic E-state index is 12.9. The Balaban J connectivity index is 1.49. The Morgan fingerprint density at radius 2 is 1.57 bits per heavy atom. The van der Waals surface area contributed by atoms with Crippen molar-refractivity contribution in [2.75, 3.05) is 5.32 Å². The number of carbonyl (C=O) groups is 1. The van der Waals surface area contributed by atoms with Crippen LogP contribution in [0.3, 0.4) is 0 Å². The third-order valence-corrected chi connectivity index (χ3v) is 6.66. The van der Waals surface area contributed by atoms with E-state index in [1.807, 2.05) is 36.4 Å². The van der Waals surface area contributed by atoms with Crippen molar-refractivity contribution in [2.45, 2.75) is 38.5 Å². The van der Waals surface area contributed by atoms with Crippen molar-refractivity contribution in [1.82, 2.24) is 0 Å². The largest absolute Gasteiger partial charge is 0.506 e. The molecule has 0 bridgehead atoms. The lowest BCUT2D eigenvalue weighted by molar-refractivity contribution is -0.349. The fourth-order valence-corrected chi connectivity index (χ4v) is 4.60. The number of rotatable bonds is 2. The Hall–Kier alpha value is -3.40. The highest BCUT2D eigenvalue weighted by atomic mass is 16.3. The third-order valence-electron chi connectivity index (χ3n) is 6.66. The van der Waals surface area contributed by atoms with Gasteiger partial charge in [0, 0.05) is 34.5 Å². The molecule has 3 aliphatic rings. The van der Waals surface area contributed by atoms with Gasteiger partial charge in [-0.1, -0.05) is 50.2 Å². The van der Waals surface area contributed by atoms with Crippen LogP contribution in [0.25, 0.3) is 0 Å². The summed E-state index contributed by atoms with van der Waals surface area (Å²) in [4.78, 5) is 16.3. The number of aliphatic hydroxyl groups excluding tert-OH is 1. The van der Waals surface area contributed by atoms with Gasteiger partial charge in [-0.2, -0.15) is 0 Å². The van der Waals surface area contributed by atoms with Gasteiger partial charge < -0.3 is 10.4 Å². The van der Waals surface area contributed by atoms with Gasteiger partial charge in [0.05, 0.1) is 16.6 Å². The molecule has 0 fully saturated rings. The summed E-state index contributed by atoms with van der Waals surface area (Å²) in [5.41, 5.74) is 6.49. The Morgan fingerprint density at radius 1 is 0.900 bits per heavy atom. The minimum Gasteiger partial charge on any atom is -0.506 e. The van der Waals surface area contributed by atoms with Crippen LogP contribution in [0.4, 0.5) is 11.4 Å². The maximum absolute atomic E-state index is 12.9. The van der Waals surface area contributed by atoms with Crippen molar-refractivity contribution in [3.63, 3.8) is 0 Å². The molecule has 150 valence electrons. The lowest BCUT2D eigenvalue weighted by Gasteiger charge is -2.24. The van der Waals surface area contributed by atoms with Crippen molar-refractivity contribution in [1.29, 1.82) is 0 Å². The molecular formula is C26H25N2O2+. The average Bonchev–Trinajstić information content (AvgIpc) is 3.14. The molecule has 2 aromatic rings. The maximum Gasteiger partial charge on any atom is 0.208 e. The highest BCUT2D eigenvalue weighted by molar-refractivity contribution is 6.24. The zero-order valence-corrected chi connectivity index (χ0v) is 17.6. The monoisotopic (exact) mass is 397 g/mol. The quantitative estimate of drug-likeness (QED) is 0.677. The van der Waals surface area contributed by atoms with Gasteiger partial charge in [-0.15, -0.1) is 0 Å². The molecule has 30 heavy (non-hydrogen) atoms. The number of benzene rings is 2. The van der Waals surface area contributed by atoms with E-state index in [2.05, 4.69) is 50.1 Å². The van der Waals surface area contributed by atoms with Crippen LogP contribution < -0.4 is 10.3 Å². The highest BCUT2D eigenvalue weighted by Gasteiger charge is 2.43. The van der Waals surface area contributed by atoms with Crippen LogP contribution in [0.1, 0.15) is 38.8 Å². The van der Waals surface area contributed by atoms with Gasteiger partial charge >= 0.3 is 0 Å². The Bertz CT molecular complexity index is 1240. The van der Waals surface area contributed by atoms with E-state index < -0.39 is 0 Å². The van der Waals surface area contributed by atoms with Crippen LogP contribution in [0.2, 0.25) is 0 Å². The molecule has 4 heteroatoms. The first kappa shape index (κ1) is 18.6. The van der Waals surface area contributed by atoms with E-state index in [0.717, 1.165) is 22.8 Å². The molecule has 0 saturated carbocycles. The topological polar surface area (TPSA) is 63.3 Å². The van der Waals surface area contributed by atoms with Crippen LogP contribution >= 0.6 is 0 Å². The summed E-state index contributed by atoms with van der Waals surface area (Å²) in [6.07, 6.45) is 3.59. The van der Waals surface area contributed by atoms with Gasteiger partial charge in [-0.05, 0) is 31.6 Å². The van der Waals surface area contributed by atoms with Gasteiger partial charge in [0.15, 0.2) is 5.71 Å². The molecule has 5 rings (SSSR count). The number of carbonyl (C=O) groups excluding carboxylic acids is 1. The molecule has 2 aromatic carbocycles. The van der Waals surface area contributed by atoms with Crippen LogP contribution in [0.15, 0.2) is 83.3 Å². The number of allylic oxidation sites excluding steroid dienone is 5. The summed E-state index contributed by atoms with van der Waals surface area (Å²) >= 11 is 0. The van der Waals surface area contributed by atoms with E-state index in [4.69, 9.17) is 0 Å². The average molecular weight is 397 g/mol. The van der Waals surface area contributed by atoms with Gasteiger partial charge in [0.2, 0.25) is 11.5 Å². The number of anilines is 1. The molecule has 0 saturated heterocycles. The molecule has 4 nitrogen and oxygen atoms in total. The number of ketones is 1. The van der Waals surface area contributed by atoms with Crippen LogP contribution in [-0.4, -0.2) is 16.6 Å². The van der Waals surface area contributed by atoms with Crippen LogP contribution in [0, 0.1) is 0 Å². The minimum atomic E-state index is -0.255. The van der Waals surface area contributed by atoms with E-state index in [9.17, 15) is 9.90 Å². The van der Waals surface area contributed by atoms with Gasteiger partial charge in [-0.3, -0.25) is 4.79 Å². The number of hydrogen-bond donors (Lipinski definition) is 3. The summed E-state index contributed by atoms with van der Waals surface area (Å²) in [5.74, 6) is -0.0725. The normalized spacial score (nSPS) is 23.2. The number of para-hydroxylation sites is 2. The molecule has 0 atom stereocenters. The molecule has 2 aliphatic heterocycles. The summed E-state index contributed by atoms with van der Waals surface area (Å²) in [6, 6.07) is 16.3. The molecule has 0 radical (unpaired) electrons. The second-order valence-electron chi connectivity index (χ2n) is 9.21. The summed E-state index contributed by atoms with van der Waals surface area (Å²) < 4.78 is 0. The summed E-state index contributed by atoms with van der Waals surface area (Å²) in [5, 5.41) is 14.1. The summed E-state index contributed by atoms with van der Waals surface area (Å²) in [7, 11) is 0. The third kappa shape index (κ3) is 2.46. The van der Waals surface area contributed by atoms with Gasteiger partial charge in [0.25, 0.3) is 0 Å². The second-order valence-corrected chi connectivity index (χ2v) is 9.21. The summed E-state index contributed by atoms with van der Waals surface area (Å²) in [6.45, 7) is 8.47. The van der Waals surface area contributed by atoms with Gasteiger partial charge in [-0.25, -0.2) is 4.99 Å². The SMILES string of the molecule is CC1(C)C(=CC2=C(O)C(=CC3=[NH+]c4ccccc4C3(C)C)C2=O)Nc2ccccc21. The van der Waals surface area contributed by atoms with Crippen molar-refractivity contribution < 1.29 is 14.9 Å². The van der Waals surface area contributed by atoms with Crippen molar-refractivity contribution in [2.24, 2.45) is 0 Å². The van der Waals surface area contributed by atoms with Crippen molar-refractivity contribution >= 4 is 22.9 Å². The van der Waals surface area contributed by atoms with E-state index in [1.54, 1.807) is 12.2 Å². The lowest BCUT2D eigenvalue weighted by Crippen LogP contribution is -2.65. The molecule has 0 aromatic heterocycles. The van der Waals surface area contributed by atoms with Crippen LogP contribution in [0.5, 0.6) is 0 Å². The van der Waals surface area contributed by atoms with E-state index in [-0.39, 0.29) is 22.4 Å². The van der Waals surface area contributed by atoms with Crippen molar-refractivity contribution in [3.05, 3.63) is 94.4 Å². The molecule has 0 spiro atoms. The first-order valence-electron chi connectivity index (χ1n) is 10.2. The Morgan fingerprint density at radius 3 is 2.23 bits per heavy atom. The first-order chi connectivity index (χ1) is 14.2. The second kappa shape index (κ2) is 6.05. The van der Waals surface area contributed by atoms with Crippen molar-refractivity contribution in [3.8, 4) is 0 Å². The molecular weight excluding hydrogens is 372 g/mol. The predicted octanol–water partition coefficient (Wildman–Crippen LogP) is 3.74. The zero-order valence-electron chi connectivity index (χ0n) is 17.6. The zero-order chi connectivity index (χ0) is 21.3. The standard InChI is InChI=1S/C26H24N2O2/c1-25(2)17-9-5-7-11-19(17)27-21(25)13-15-23(29)16(24(15)30)14-22-26(3,4)18-10-6-8-12-20(18)28-22/h5-14,27,29H,1-4H3/p+1. The number of nitrogens with one attached hydrogen (secondary N) is 2. The fourth-order valence-electron chi connectivity index (χ4n) is 4.60. The van der Waals surface area contributed by atoms with Crippen LogP contribution in [-0.2, 0) is 15.6 Å². The first-order valence-corrected chi connectivity index (χ1v) is 10.2. The predicted molar refractivity (Wildman–Crippen MR) is 119 cm³/mol. The fraction of sp³-hybridized carbons (Fsp3) is 0.231. The Labute approximate surface area is 176 Å². The number of aliphatic hydroxyl groups is 1. The number of Topliss-reactive ketones (excluding diaryl/α,β-unsaturated/α-hetero) is 1.